The van der Waals surface area contributed by atoms with Crippen LogP contribution in [0.3, 0.4) is 0 Å². The van der Waals surface area contributed by atoms with Crippen LogP contribution in [-0.2, 0) is 0 Å². The van der Waals surface area contributed by atoms with Gasteiger partial charge in [-0.3, -0.25) is 4.90 Å². The lowest BCUT2D eigenvalue weighted by Crippen LogP contribution is -2.54. The number of nitrogens with one attached hydrogen (secondary N) is 1. The summed E-state index contributed by atoms with van der Waals surface area (Å²) < 4.78 is 0. The highest BCUT2D eigenvalue weighted by atomic mass is 15.2. The molecule has 0 aromatic heterocycles. The van der Waals surface area contributed by atoms with Crippen molar-refractivity contribution in [2.75, 3.05) is 39.8 Å². The largest absolute Gasteiger partial charge is 0.314 e. The quantitative estimate of drug-likeness (QED) is 0.822. The summed E-state index contributed by atoms with van der Waals surface area (Å²) in [5, 5.41) is 3.65. The molecular formula is C15H31N3. The van der Waals surface area contributed by atoms with E-state index in [1.54, 1.807) is 0 Å². The van der Waals surface area contributed by atoms with E-state index in [1.165, 1.54) is 39.0 Å². The molecule has 18 heavy (non-hydrogen) atoms. The van der Waals surface area contributed by atoms with Crippen LogP contribution in [0.2, 0.25) is 0 Å². The highest BCUT2D eigenvalue weighted by Gasteiger charge is 2.33. The Kier molecular flexibility index (Phi) is 5.05. The van der Waals surface area contributed by atoms with Gasteiger partial charge in [0, 0.05) is 25.2 Å². The lowest BCUT2D eigenvalue weighted by molar-refractivity contribution is 0.0720. The molecule has 2 aliphatic rings. The second-order valence-corrected chi connectivity index (χ2v) is 6.46. The number of likely N-dealkylation sites (tertiary alicyclic amines) is 2. The van der Waals surface area contributed by atoms with E-state index < -0.39 is 0 Å². The minimum atomic E-state index is 0.729. The number of piperidine rings is 1. The number of nitrogens with zero attached hydrogens (tertiary/aromatic N) is 2. The van der Waals surface area contributed by atoms with Gasteiger partial charge in [-0.15, -0.1) is 0 Å². The van der Waals surface area contributed by atoms with Crippen molar-refractivity contribution in [2.24, 2.45) is 11.8 Å². The summed E-state index contributed by atoms with van der Waals surface area (Å²) in [5.74, 6) is 1.68. The van der Waals surface area contributed by atoms with Crippen molar-refractivity contribution >= 4 is 0 Å². The van der Waals surface area contributed by atoms with Gasteiger partial charge in [-0.25, -0.2) is 0 Å². The van der Waals surface area contributed by atoms with E-state index in [0.29, 0.717) is 0 Å². The topological polar surface area (TPSA) is 18.5 Å². The van der Waals surface area contributed by atoms with Crippen LogP contribution in [0.5, 0.6) is 0 Å². The predicted molar refractivity (Wildman–Crippen MR) is 77.9 cm³/mol. The van der Waals surface area contributed by atoms with Gasteiger partial charge in [0.15, 0.2) is 0 Å². The zero-order valence-electron chi connectivity index (χ0n) is 12.7. The maximum Gasteiger partial charge on any atom is 0.0120 e. The SMILES string of the molecule is CCNC1CCN(CC2CCN(C)C2)C(C)C1C. The van der Waals surface area contributed by atoms with Crippen LogP contribution >= 0.6 is 0 Å². The molecule has 4 atom stereocenters. The zero-order chi connectivity index (χ0) is 13.1. The van der Waals surface area contributed by atoms with E-state index in [1.807, 2.05) is 0 Å². The van der Waals surface area contributed by atoms with Gasteiger partial charge in [-0.05, 0) is 58.3 Å². The molecule has 3 heteroatoms. The molecule has 106 valence electrons. The predicted octanol–water partition coefficient (Wildman–Crippen LogP) is 1.65. The first-order chi connectivity index (χ1) is 8.61. The van der Waals surface area contributed by atoms with Gasteiger partial charge in [-0.1, -0.05) is 13.8 Å². The maximum absolute atomic E-state index is 3.65. The summed E-state index contributed by atoms with van der Waals surface area (Å²) in [6.07, 6.45) is 2.71. The monoisotopic (exact) mass is 253 g/mol. The molecule has 0 spiro atoms. The standard InChI is InChI=1S/C15H31N3/c1-5-16-15-7-9-18(13(3)12(15)2)11-14-6-8-17(4)10-14/h12-16H,5-11H2,1-4H3. The molecule has 2 fully saturated rings. The molecule has 2 heterocycles. The van der Waals surface area contributed by atoms with E-state index in [2.05, 4.69) is 42.9 Å². The lowest BCUT2D eigenvalue weighted by atomic mass is 9.86. The smallest absolute Gasteiger partial charge is 0.0120 e. The molecule has 4 unspecified atom stereocenters. The highest BCUT2D eigenvalue weighted by Crippen LogP contribution is 2.26. The third kappa shape index (κ3) is 3.25. The maximum atomic E-state index is 3.65. The van der Waals surface area contributed by atoms with Crippen LogP contribution in [0.25, 0.3) is 0 Å². The van der Waals surface area contributed by atoms with Crippen molar-refractivity contribution in [3.05, 3.63) is 0 Å². The fraction of sp³-hybridized carbons (Fsp3) is 1.00. The average molecular weight is 253 g/mol. The molecule has 0 saturated carbocycles. The van der Waals surface area contributed by atoms with Crippen molar-refractivity contribution in [3.63, 3.8) is 0 Å². The van der Waals surface area contributed by atoms with Crippen LogP contribution in [0.1, 0.15) is 33.6 Å². The lowest BCUT2D eigenvalue weighted by Gasteiger charge is -2.44. The molecule has 0 aliphatic carbocycles. The van der Waals surface area contributed by atoms with Gasteiger partial charge in [0.2, 0.25) is 0 Å². The van der Waals surface area contributed by atoms with Gasteiger partial charge >= 0.3 is 0 Å². The Hall–Kier alpha value is -0.120. The Balaban J connectivity index is 1.84. The molecular weight excluding hydrogens is 222 g/mol. The van der Waals surface area contributed by atoms with Crippen molar-refractivity contribution in [1.29, 1.82) is 0 Å². The van der Waals surface area contributed by atoms with Crippen LogP contribution < -0.4 is 5.32 Å². The van der Waals surface area contributed by atoms with Crippen molar-refractivity contribution < 1.29 is 0 Å². The molecule has 0 amide bonds. The first-order valence-corrected chi connectivity index (χ1v) is 7.77. The zero-order valence-corrected chi connectivity index (χ0v) is 12.7. The summed E-state index contributed by atoms with van der Waals surface area (Å²) >= 11 is 0. The van der Waals surface area contributed by atoms with Gasteiger partial charge in [0.25, 0.3) is 0 Å². The molecule has 0 aromatic carbocycles. The van der Waals surface area contributed by atoms with Crippen LogP contribution in [0.4, 0.5) is 0 Å². The second kappa shape index (κ2) is 6.36. The van der Waals surface area contributed by atoms with Gasteiger partial charge in [0.1, 0.15) is 0 Å². The Morgan fingerprint density at radius 2 is 1.94 bits per heavy atom. The molecule has 0 radical (unpaired) electrons. The van der Waals surface area contributed by atoms with E-state index >= 15 is 0 Å². The van der Waals surface area contributed by atoms with E-state index in [-0.39, 0.29) is 0 Å². The van der Waals surface area contributed by atoms with Crippen molar-refractivity contribution in [3.8, 4) is 0 Å². The summed E-state index contributed by atoms with van der Waals surface area (Å²) in [5.41, 5.74) is 0. The Morgan fingerprint density at radius 3 is 2.56 bits per heavy atom. The third-order valence-electron chi connectivity index (χ3n) is 5.15. The number of hydrogen-bond donors (Lipinski definition) is 1. The molecule has 0 aromatic rings. The normalized spacial score (nSPS) is 39.3. The van der Waals surface area contributed by atoms with Crippen molar-refractivity contribution in [2.45, 2.75) is 45.7 Å². The fourth-order valence-corrected chi connectivity index (χ4v) is 3.75. The van der Waals surface area contributed by atoms with Crippen LogP contribution in [0.15, 0.2) is 0 Å². The van der Waals surface area contributed by atoms with Gasteiger partial charge in [-0.2, -0.15) is 0 Å². The summed E-state index contributed by atoms with van der Waals surface area (Å²) in [4.78, 5) is 5.21. The minimum absolute atomic E-state index is 0.729. The third-order valence-corrected chi connectivity index (χ3v) is 5.15. The van der Waals surface area contributed by atoms with Gasteiger partial charge in [0.05, 0.1) is 0 Å². The van der Waals surface area contributed by atoms with Crippen molar-refractivity contribution in [1.82, 2.24) is 15.1 Å². The first kappa shape index (κ1) is 14.3. The fourth-order valence-electron chi connectivity index (χ4n) is 3.75. The number of hydrogen-bond acceptors (Lipinski definition) is 3. The minimum Gasteiger partial charge on any atom is -0.314 e. The van der Waals surface area contributed by atoms with E-state index in [9.17, 15) is 0 Å². The molecule has 0 bridgehead atoms. The molecule has 2 aliphatic heterocycles. The Labute approximate surface area is 113 Å². The van der Waals surface area contributed by atoms with Crippen LogP contribution in [-0.4, -0.2) is 61.7 Å². The number of rotatable bonds is 4. The van der Waals surface area contributed by atoms with Gasteiger partial charge < -0.3 is 10.2 Å². The average Bonchev–Trinajstić information content (AvgIpc) is 2.75. The highest BCUT2D eigenvalue weighted by molar-refractivity contribution is 4.90. The van der Waals surface area contributed by atoms with E-state index in [0.717, 1.165) is 30.5 Å². The summed E-state index contributed by atoms with van der Waals surface area (Å²) in [6.45, 7) is 13.4. The Morgan fingerprint density at radius 1 is 1.17 bits per heavy atom. The summed E-state index contributed by atoms with van der Waals surface area (Å²) in [6, 6.07) is 1.46. The molecule has 3 nitrogen and oxygen atoms in total. The first-order valence-electron chi connectivity index (χ1n) is 7.77. The Bertz CT molecular complexity index is 256. The molecule has 2 saturated heterocycles. The summed E-state index contributed by atoms with van der Waals surface area (Å²) in [7, 11) is 2.25. The second-order valence-electron chi connectivity index (χ2n) is 6.46. The molecule has 1 N–H and O–H groups in total. The molecule has 2 rings (SSSR count). The van der Waals surface area contributed by atoms with Crippen LogP contribution in [0, 0.1) is 11.8 Å². The van der Waals surface area contributed by atoms with E-state index in [4.69, 9.17) is 0 Å².